The summed E-state index contributed by atoms with van der Waals surface area (Å²) >= 11 is 0. The minimum absolute atomic E-state index is 0. The van der Waals surface area contributed by atoms with Crippen molar-refractivity contribution in [3.05, 3.63) is 0 Å². The van der Waals surface area contributed by atoms with Gasteiger partial charge >= 0.3 is 0 Å². The molecule has 1 atom stereocenters. The molecule has 0 spiro atoms. The summed E-state index contributed by atoms with van der Waals surface area (Å²) in [4.78, 5) is 12.4. The third kappa shape index (κ3) is 3.85. The molecular formula is C15H29ClN2O. The number of rotatable bonds is 4. The lowest BCUT2D eigenvalue weighted by Crippen LogP contribution is -2.50. The van der Waals surface area contributed by atoms with E-state index in [-0.39, 0.29) is 23.7 Å². The van der Waals surface area contributed by atoms with E-state index >= 15 is 0 Å². The predicted octanol–water partition coefficient (Wildman–Crippen LogP) is 2.88. The van der Waals surface area contributed by atoms with Crippen LogP contribution in [0, 0.1) is 10.8 Å². The zero-order valence-electron chi connectivity index (χ0n) is 12.4. The molecule has 2 N–H and O–H groups in total. The zero-order chi connectivity index (χ0) is 13.1. The monoisotopic (exact) mass is 288 g/mol. The van der Waals surface area contributed by atoms with E-state index in [1.807, 2.05) is 0 Å². The summed E-state index contributed by atoms with van der Waals surface area (Å²) in [6.07, 6.45) is 8.58. The summed E-state index contributed by atoms with van der Waals surface area (Å²) in [5, 5.41) is 6.59. The van der Waals surface area contributed by atoms with Crippen molar-refractivity contribution in [3.8, 4) is 0 Å². The number of hydrogen-bond acceptors (Lipinski definition) is 2. The number of halogens is 1. The first-order chi connectivity index (χ1) is 8.60. The van der Waals surface area contributed by atoms with E-state index in [1.165, 1.54) is 32.1 Å². The molecule has 1 aliphatic heterocycles. The van der Waals surface area contributed by atoms with Crippen LogP contribution in [0.5, 0.6) is 0 Å². The van der Waals surface area contributed by atoms with Crippen molar-refractivity contribution >= 4 is 18.3 Å². The van der Waals surface area contributed by atoms with Crippen LogP contribution in [0.15, 0.2) is 0 Å². The van der Waals surface area contributed by atoms with Crippen molar-refractivity contribution in [1.82, 2.24) is 10.6 Å². The Bertz CT molecular complexity index is 295. The van der Waals surface area contributed by atoms with Crippen LogP contribution in [0.2, 0.25) is 0 Å². The van der Waals surface area contributed by atoms with E-state index in [9.17, 15) is 4.79 Å². The van der Waals surface area contributed by atoms with Gasteiger partial charge in [0.15, 0.2) is 0 Å². The number of hydrogen-bond donors (Lipinski definition) is 2. The first kappa shape index (κ1) is 16.8. The van der Waals surface area contributed by atoms with Crippen molar-refractivity contribution in [2.45, 2.75) is 58.8 Å². The fourth-order valence-electron chi connectivity index (χ4n) is 3.51. The van der Waals surface area contributed by atoms with Gasteiger partial charge in [0.1, 0.15) is 0 Å². The highest BCUT2D eigenvalue weighted by Crippen LogP contribution is 2.40. The summed E-state index contributed by atoms with van der Waals surface area (Å²) in [5.41, 5.74) is 0.208. The molecule has 1 aliphatic carbocycles. The van der Waals surface area contributed by atoms with Crippen LogP contribution < -0.4 is 10.6 Å². The van der Waals surface area contributed by atoms with Gasteiger partial charge in [-0.3, -0.25) is 4.79 Å². The van der Waals surface area contributed by atoms with E-state index < -0.39 is 0 Å². The van der Waals surface area contributed by atoms with Crippen LogP contribution in [0.3, 0.4) is 0 Å². The smallest absolute Gasteiger partial charge is 0.227 e. The highest BCUT2D eigenvalue weighted by Gasteiger charge is 2.37. The number of nitrogens with one attached hydrogen (secondary N) is 2. The van der Waals surface area contributed by atoms with Gasteiger partial charge in [-0.25, -0.2) is 0 Å². The number of piperidine rings is 1. The van der Waals surface area contributed by atoms with Crippen molar-refractivity contribution in [2.75, 3.05) is 19.6 Å². The molecule has 3 nitrogen and oxygen atoms in total. The Morgan fingerprint density at radius 3 is 2.42 bits per heavy atom. The van der Waals surface area contributed by atoms with Crippen molar-refractivity contribution in [2.24, 2.45) is 10.8 Å². The number of carbonyl (C=O) groups excluding carboxylic acids is 1. The Hall–Kier alpha value is -0.280. The van der Waals surface area contributed by atoms with E-state index in [0.29, 0.717) is 5.41 Å². The Balaban J connectivity index is 0.00000180. The van der Waals surface area contributed by atoms with Gasteiger partial charge in [-0.15, -0.1) is 12.4 Å². The van der Waals surface area contributed by atoms with Gasteiger partial charge in [0, 0.05) is 13.1 Å². The highest BCUT2D eigenvalue weighted by atomic mass is 35.5. The standard InChI is InChI=1S/C15H28N2O.ClH/c1-3-15(8-4-5-9-15)12-17-13(18)14(2)7-6-10-16-11-14;/h16H,3-12H2,1-2H3,(H,17,18);1H. The molecule has 2 fully saturated rings. The summed E-state index contributed by atoms with van der Waals surface area (Å²) in [6.45, 7) is 7.14. The minimum Gasteiger partial charge on any atom is -0.355 e. The van der Waals surface area contributed by atoms with Gasteiger partial charge in [0.25, 0.3) is 0 Å². The molecule has 1 heterocycles. The molecule has 2 rings (SSSR count). The lowest BCUT2D eigenvalue weighted by molar-refractivity contribution is -0.131. The van der Waals surface area contributed by atoms with E-state index in [2.05, 4.69) is 24.5 Å². The lowest BCUT2D eigenvalue weighted by atomic mass is 9.80. The highest BCUT2D eigenvalue weighted by molar-refractivity contribution is 5.85. The average Bonchev–Trinajstić information content (AvgIpc) is 2.86. The van der Waals surface area contributed by atoms with Gasteiger partial charge in [-0.1, -0.05) is 19.8 Å². The SMILES string of the molecule is CCC1(CNC(=O)C2(C)CCCNC2)CCCC1.Cl. The second-order valence-electron chi connectivity index (χ2n) is 6.58. The first-order valence-electron chi connectivity index (χ1n) is 7.59. The number of carbonyl (C=O) groups is 1. The maximum absolute atomic E-state index is 12.4. The van der Waals surface area contributed by atoms with Crippen LogP contribution in [0.1, 0.15) is 58.8 Å². The molecule has 1 saturated heterocycles. The second-order valence-corrected chi connectivity index (χ2v) is 6.58. The van der Waals surface area contributed by atoms with Crippen molar-refractivity contribution < 1.29 is 4.79 Å². The molecule has 0 aromatic carbocycles. The molecule has 19 heavy (non-hydrogen) atoms. The van der Waals surface area contributed by atoms with Gasteiger partial charge in [-0.2, -0.15) is 0 Å². The Labute approximate surface area is 123 Å². The van der Waals surface area contributed by atoms with Gasteiger partial charge in [0.2, 0.25) is 5.91 Å². The Morgan fingerprint density at radius 1 is 1.21 bits per heavy atom. The molecule has 0 aromatic heterocycles. The largest absolute Gasteiger partial charge is 0.355 e. The normalized spacial score (nSPS) is 29.6. The third-order valence-electron chi connectivity index (χ3n) is 5.18. The fraction of sp³-hybridized carbons (Fsp3) is 0.933. The minimum atomic E-state index is -0.189. The third-order valence-corrected chi connectivity index (χ3v) is 5.18. The summed E-state index contributed by atoms with van der Waals surface area (Å²) in [5.74, 6) is 0.259. The predicted molar refractivity (Wildman–Crippen MR) is 81.7 cm³/mol. The van der Waals surface area contributed by atoms with Crippen LogP contribution in [-0.4, -0.2) is 25.5 Å². The average molecular weight is 289 g/mol. The molecule has 112 valence electrons. The Morgan fingerprint density at radius 2 is 1.89 bits per heavy atom. The zero-order valence-corrected chi connectivity index (χ0v) is 13.2. The van der Waals surface area contributed by atoms with E-state index in [0.717, 1.165) is 32.5 Å². The fourth-order valence-corrected chi connectivity index (χ4v) is 3.51. The maximum atomic E-state index is 12.4. The second kappa shape index (κ2) is 6.94. The molecule has 2 aliphatic rings. The van der Waals surface area contributed by atoms with Gasteiger partial charge in [0.05, 0.1) is 5.41 Å². The van der Waals surface area contributed by atoms with Gasteiger partial charge < -0.3 is 10.6 Å². The molecule has 0 aromatic rings. The van der Waals surface area contributed by atoms with Crippen molar-refractivity contribution in [1.29, 1.82) is 0 Å². The molecule has 0 radical (unpaired) electrons. The van der Waals surface area contributed by atoms with Crippen LogP contribution >= 0.6 is 12.4 Å². The van der Waals surface area contributed by atoms with Gasteiger partial charge in [-0.05, 0) is 51.0 Å². The molecule has 1 unspecified atom stereocenters. The lowest BCUT2D eigenvalue weighted by Gasteiger charge is -2.35. The summed E-state index contributed by atoms with van der Waals surface area (Å²) < 4.78 is 0. The van der Waals surface area contributed by atoms with Crippen LogP contribution in [0.4, 0.5) is 0 Å². The molecular weight excluding hydrogens is 260 g/mol. The molecule has 1 saturated carbocycles. The van der Waals surface area contributed by atoms with Crippen LogP contribution in [-0.2, 0) is 4.79 Å². The summed E-state index contributed by atoms with van der Waals surface area (Å²) in [6, 6.07) is 0. The molecule has 4 heteroatoms. The molecule has 0 bridgehead atoms. The topological polar surface area (TPSA) is 41.1 Å². The first-order valence-corrected chi connectivity index (χ1v) is 7.59. The quantitative estimate of drug-likeness (QED) is 0.835. The Kier molecular flexibility index (Phi) is 6.13. The maximum Gasteiger partial charge on any atom is 0.227 e. The molecule has 1 amide bonds. The summed E-state index contributed by atoms with van der Waals surface area (Å²) in [7, 11) is 0. The van der Waals surface area contributed by atoms with Crippen LogP contribution in [0.25, 0.3) is 0 Å². The van der Waals surface area contributed by atoms with E-state index in [4.69, 9.17) is 0 Å². The van der Waals surface area contributed by atoms with E-state index in [1.54, 1.807) is 0 Å². The van der Waals surface area contributed by atoms with Crippen molar-refractivity contribution in [3.63, 3.8) is 0 Å². The number of amides is 1.